The second kappa shape index (κ2) is 4.85. The maximum Gasteiger partial charge on any atom is 0.255 e. The van der Waals surface area contributed by atoms with E-state index in [1.165, 1.54) is 12.2 Å². The zero-order valence-electron chi connectivity index (χ0n) is 9.95. The van der Waals surface area contributed by atoms with Crippen LogP contribution in [-0.4, -0.2) is 25.1 Å². The maximum absolute atomic E-state index is 12.0. The van der Waals surface area contributed by atoms with Crippen molar-refractivity contribution >= 4 is 17.5 Å². The highest BCUT2D eigenvalue weighted by Gasteiger charge is 2.32. The van der Waals surface area contributed by atoms with Gasteiger partial charge in [0.15, 0.2) is 0 Å². The van der Waals surface area contributed by atoms with Gasteiger partial charge in [-0.2, -0.15) is 0 Å². The van der Waals surface area contributed by atoms with Crippen molar-refractivity contribution in [3.8, 4) is 0 Å². The maximum atomic E-state index is 12.0. The Morgan fingerprint density at radius 2 is 1.81 bits per heavy atom. The average Bonchev–Trinajstić information content (AvgIpc) is 2.27. The first-order valence-corrected chi connectivity index (χ1v) is 5.35. The molecule has 1 aromatic carbocycles. The van der Waals surface area contributed by atoms with Gasteiger partial charge in [0.1, 0.15) is 0 Å². The van der Waals surface area contributed by atoms with Crippen LogP contribution in [0.2, 0.25) is 5.02 Å². The molecule has 0 heterocycles. The third-order valence-corrected chi connectivity index (χ3v) is 2.91. The Balaban J connectivity index is 3.01. The second-order valence-corrected chi connectivity index (χ2v) is 4.55. The van der Waals surface area contributed by atoms with Crippen LogP contribution in [0.15, 0.2) is 24.3 Å². The molecule has 3 nitrogen and oxygen atoms in total. The Hall–Kier alpha value is -1.06. The molecule has 0 aromatic heterocycles. The third-order valence-electron chi connectivity index (χ3n) is 2.66. The van der Waals surface area contributed by atoms with Crippen LogP contribution in [0.5, 0.6) is 0 Å². The molecule has 0 bridgehead atoms. The third kappa shape index (κ3) is 2.54. The Morgan fingerprint density at radius 3 is 2.25 bits per heavy atom. The van der Waals surface area contributed by atoms with E-state index >= 15 is 0 Å². The van der Waals surface area contributed by atoms with Crippen LogP contribution < -0.4 is 0 Å². The van der Waals surface area contributed by atoms with Crippen LogP contribution in [0.25, 0.3) is 0 Å². The molecule has 1 amide bonds. The van der Waals surface area contributed by atoms with Crippen molar-refractivity contribution in [1.82, 2.24) is 5.06 Å². The first kappa shape index (κ1) is 13.0. The van der Waals surface area contributed by atoms with E-state index in [1.54, 1.807) is 19.2 Å². The molecular formula is C12H16ClNO2. The van der Waals surface area contributed by atoms with Gasteiger partial charge in [0, 0.05) is 12.1 Å². The molecule has 0 atom stereocenters. The van der Waals surface area contributed by atoms with Crippen LogP contribution in [-0.2, 0) is 15.0 Å². The Kier molecular flexibility index (Phi) is 3.94. The van der Waals surface area contributed by atoms with E-state index in [0.29, 0.717) is 5.02 Å². The van der Waals surface area contributed by atoms with E-state index in [1.807, 2.05) is 26.0 Å². The number of hydrogen-bond acceptors (Lipinski definition) is 2. The summed E-state index contributed by atoms with van der Waals surface area (Å²) in [6.45, 7) is 3.71. The zero-order chi connectivity index (χ0) is 12.3. The van der Waals surface area contributed by atoms with Crippen molar-refractivity contribution in [1.29, 1.82) is 0 Å². The smallest absolute Gasteiger partial charge is 0.255 e. The molecule has 0 aliphatic rings. The number of carbonyl (C=O) groups excluding carboxylic acids is 1. The summed E-state index contributed by atoms with van der Waals surface area (Å²) in [6, 6.07) is 7.25. The van der Waals surface area contributed by atoms with Gasteiger partial charge in [0.2, 0.25) is 0 Å². The fourth-order valence-electron chi connectivity index (χ4n) is 1.47. The quantitative estimate of drug-likeness (QED) is 0.762. The number of halogens is 1. The van der Waals surface area contributed by atoms with Gasteiger partial charge < -0.3 is 0 Å². The summed E-state index contributed by atoms with van der Waals surface area (Å²) < 4.78 is 0. The highest BCUT2D eigenvalue weighted by Crippen LogP contribution is 2.26. The molecule has 16 heavy (non-hydrogen) atoms. The summed E-state index contributed by atoms with van der Waals surface area (Å²) in [7, 11) is 3.07. The Labute approximate surface area is 101 Å². The molecule has 1 rings (SSSR count). The molecule has 0 radical (unpaired) electrons. The lowest BCUT2D eigenvalue weighted by molar-refractivity contribution is -0.174. The van der Waals surface area contributed by atoms with Gasteiger partial charge in [-0.15, -0.1) is 0 Å². The largest absolute Gasteiger partial charge is 0.275 e. The van der Waals surface area contributed by atoms with Gasteiger partial charge in [-0.1, -0.05) is 23.7 Å². The molecule has 0 N–H and O–H groups in total. The van der Waals surface area contributed by atoms with Crippen LogP contribution >= 0.6 is 11.6 Å². The van der Waals surface area contributed by atoms with Crippen molar-refractivity contribution < 1.29 is 9.63 Å². The van der Waals surface area contributed by atoms with Gasteiger partial charge in [-0.05, 0) is 31.5 Å². The molecule has 0 spiro atoms. The molecule has 1 aromatic rings. The van der Waals surface area contributed by atoms with E-state index in [0.717, 1.165) is 5.56 Å². The molecule has 4 heteroatoms. The number of benzene rings is 1. The number of nitrogens with zero attached hydrogens (tertiary/aromatic N) is 1. The number of hydroxylamine groups is 2. The lowest BCUT2D eigenvalue weighted by Crippen LogP contribution is -2.40. The molecule has 0 saturated heterocycles. The minimum absolute atomic E-state index is 0.0997. The van der Waals surface area contributed by atoms with E-state index in [2.05, 4.69) is 0 Å². The fraction of sp³-hybridized carbons (Fsp3) is 0.417. The van der Waals surface area contributed by atoms with Gasteiger partial charge in [0.25, 0.3) is 5.91 Å². The number of hydrogen-bond donors (Lipinski definition) is 0. The molecular weight excluding hydrogens is 226 g/mol. The van der Waals surface area contributed by atoms with Crippen molar-refractivity contribution in [3.05, 3.63) is 34.9 Å². The number of amides is 1. The highest BCUT2D eigenvalue weighted by molar-refractivity contribution is 6.30. The van der Waals surface area contributed by atoms with Crippen LogP contribution in [0.1, 0.15) is 19.4 Å². The van der Waals surface area contributed by atoms with E-state index in [9.17, 15) is 4.79 Å². The predicted octanol–water partition coefficient (Wildman–Crippen LogP) is 2.64. The van der Waals surface area contributed by atoms with E-state index in [-0.39, 0.29) is 5.91 Å². The van der Waals surface area contributed by atoms with Crippen molar-refractivity contribution in [2.45, 2.75) is 19.3 Å². The van der Waals surface area contributed by atoms with Crippen molar-refractivity contribution in [2.75, 3.05) is 14.2 Å². The van der Waals surface area contributed by atoms with Gasteiger partial charge in [-0.25, -0.2) is 5.06 Å². The average molecular weight is 242 g/mol. The predicted molar refractivity (Wildman–Crippen MR) is 64.3 cm³/mol. The summed E-state index contributed by atoms with van der Waals surface area (Å²) in [5.41, 5.74) is 0.279. The zero-order valence-corrected chi connectivity index (χ0v) is 10.7. The molecule has 0 saturated carbocycles. The van der Waals surface area contributed by atoms with E-state index in [4.69, 9.17) is 16.4 Å². The minimum atomic E-state index is -0.630. The van der Waals surface area contributed by atoms with Crippen molar-refractivity contribution in [3.63, 3.8) is 0 Å². The monoisotopic (exact) mass is 241 g/mol. The number of likely N-dealkylation sites (N-methyl/N-ethyl adjacent to an activating group) is 1. The first-order valence-electron chi connectivity index (χ1n) is 4.98. The SMILES string of the molecule is CON(C)C(=O)C(C)(C)c1ccc(Cl)cc1. The Morgan fingerprint density at radius 1 is 1.31 bits per heavy atom. The summed E-state index contributed by atoms with van der Waals surface area (Å²) in [6.07, 6.45) is 0. The fourth-order valence-corrected chi connectivity index (χ4v) is 1.59. The lowest BCUT2D eigenvalue weighted by atomic mass is 9.84. The minimum Gasteiger partial charge on any atom is -0.275 e. The highest BCUT2D eigenvalue weighted by atomic mass is 35.5. The van der Waals surface area contributed by atoms with Crippen LogP contribution in [0, 0.1) is 0 Å². The molecule has 0 aliphatic heterocycles. The van der Waals surface area contributed by atoms with Crippen molar-refractivity contribution in [2.24, 2.45) is 0 Å². The summed E-state index contributed by atoms with van der Waals surface area (Å²) >= 11 is 5.81. The standard InChI is InChI=1S/C12H16ClNO2/c1-12(2,11(15)14(3)16-4)9-5-7-10(13)8-6-9/h5-8H,1-4H3. The molecule has 0 aliphatic carbocycles. The van der Waals surface area contributed by atoms with Crippen LogP contribution in [0.4, 0.5) is 0 Å². The topological polar surface area (TPSA) is 29.5 Å². The van der Waals surface area contributed by atoms with Gasteiger partial charge in [0.05, 0.1) is 12.5 Å². The molecule has 0 fully saturated rings. The number of rotatable bonds is 3. The van der Waals surface area contributed by atoms with Gasteiger partial charge >= 0.3 is 0 Å². The van der Waals surface area contributed by atoms with Gasteiger partial charge in [-0.3, -0.25) is 9.63 Å². The normalized spacial score (nSPS) is 11.3. The lowest BCUT2D eigenvalue weighted by Gasteiger charge is -2.28. The van der Waals surface area contributed by atoms with E-state index < -0.39 is 5.41 Å². The summed E-state index contributed by atoms with van der Waals surface area (Å²) in [5.74, 6) is -0.0997. The molecule has 0 unspecified atom stereocenters. The Bertz CT molecular complexity index is 373. The first-order chi connectivity index (χ1) is 7.39. The second-order valence-electron chi connectivity index (χ2n) is 4.12. The summed E-state index contributed by atoms with van der Waals surface area (Å²) in [4.78, 5) is 17.0. The molecule has 88 valence electrons. The summed E-state index contributed by atoms with van der Waals surface area (Å²) in [5, 5.41) is 1.89. The number of carbonyl (C=O) groups is 1. The van der Waals surface area contributed by atoms with Crippen LogP contribution in [0.3, 0.4) is 0 Å².